The van der Waals surface area contributed by atoms with E-state index in [1.165, 1.54) is 30.3 Å². The number of rotatable bonds is 2. The van der Waals surface area contributed by atoms with Crippen LogP contribution in [0, 0.1) is 17.7 Å². The van der Waals surface area contributed by atoms with E-state index < -0.39 is 17.3 Å². The lowest BCUT2D eigenvalue weighted by molar-refractivity contribution is 0.102. The maximum atomic E-state index is 13.5. The third-order valence-electron chi connectivity index (χ3n) is 2.46. The first-order valence-corrected chi connectivity index (χ1v) is 5.95. The van der Waals surface area contributed by atoms with Gasteiger partial charge >= 0.3 is 0 Å². The number of H-pyrrole nitrogens is 1. The molecule has 0 spiro atoms. The summed E-state index contributed by atoms with van der Waals surface area (Å²) < 4.78 is 13.5. The van der Waals surface area contributed by atoms with Crippen molar-refractivity contribution in [2.45, 2.75) is 0 Å². The van der Waals surface area contributed by atoms with Crippen LogP contribution in [0.15, 0.2) is 35.1 Å². The van der Waals surface area contributed by atoms with Crippen LogP contribution in [0.5, 0.6) is 0 Å². The average molecular weight is 286 g/mol. The van der Waals surface area contributed by atoms with Crippen LogP contribution in [0.1, 0.15) is 16.1 Å². The van der Waals surface area contributed by atoms with Gasteiger partial charge in [0.2, 0.25) is 0 Å². The predicted octanol–water partition coefficient (Wildman–Crippen LogP) is 0.471. The zero-order valence-corrected chi connectivity index (χ0v) is 10.8. The minimum Gasteiger partial charge on any atom is -0.321 e. The molecular formula is C14H11FN4O2. The highest BCUT2D eigenvalue weighted by atomic mass is 19.1. The zero-order chi connectivity index (χ0) is 15.2. The first-order valence-electron chi connectivity index (χ1n) is 5.95. The van der Waals surface area contributed by atoms with Gasteiger partial charge in [-0.15, -0.1) is 0 Å². The molecule has 0 bridgehead atoms. The molecule has 0 saturated carbocycles. The van der Waals surface area contributed by atoms with Crippen molar-refractivity contribution in [2.75, 3.05) is 11.9 Å². The Morgan fingerprint density at radius 3 is 2.86 bits per heavy atom. The second-order valence-corrected chi connectivity index (χ2v) is 3.96. The first-order chi connectivity index (χ1) is 10.1. The van der Waals surface area contributed by atoms with Gasteiger partial charge in [-0.3, -0.25) is 9.59 Å². The Morgan fingerprint density at radius 1 is 1.38 bits per heavy atom. The second-order valence-electron chi connectivity index (χ2n) is 3.96. The minimum atomic E-state index is -0.532. The molecule has 0 aliphatic carbocycles. The number of hydrogen-bond donors (Lipinski definition) is 3. The number of hydrogen-bond acceptors (Lipinski definition) is 4. The monoisotopic (exact) mass is 286 g/mol. The Kier molecular flexibility index (Phi) is 4.43. The Labute approximate surface area is 119 Å². The van der Waals surface area contributed by atoms with E-state index in [0.717, 1.165) is 0 Å². The molecule has 106 valence electrons. The Bertz CT molecular complexity index is 769. The number of nitrogens with one attached hydrogen (secondary N) is 2. The van der Waals surface area contributed by atoms with Gasteiger partial charge in [0.05, 0.1) is 12.1 Å². The SMILES string of the molecule is NCC#Cc1cc(NC(=O)c2ccc(=O)[nH]n2)ccc1F. The van der Waals surface area contributed by atoms with Gasteiger partial charge in [-0.05, 0) is 24.3 Å². The average Bonchev–Trinajstić information content (AvgIpc) is 2.48. The number of nitrogens with two attached hydrogens (primary N) is 1. The standard InChI is InChI=1S/C14H11FN4O2/c15-11-4-3-10(8-9(11)2-1-7-16)17-14(21)12-5-6-13(20)19-18-12/h3-6,8H,7,16H2,(H,17,21)(H,19,20). The third-order valence-corrected chi connectivity index (χ3v) is 2.46. The molecule has 0 aliphatic heterocycles. The van der Waals surface area contributed by atoms with Crippen LogP contribution in [0.2, 0.25) is 0 Å². The molecule has 0 radical (unpaired) electrons. The molecule has 1 aromatic heterocycles. The Morgan fingerprint density at radius 2 is 2.19 bits per heavy atom. The lowest BCUT2D eigenvalue weighted by Gasteiger charge is -2.05. The molecule has 1 heterocycles. The normalized spacial score (nSPS) is 9.62. The van der Waals surface area contributed by atoms with E-state index >= 15 is 0 Å². The smallest absolute Gasteiger partial charge is 0.276 e. The van der Waals surface area contributed by atoms with E-state index in [1.54, 1.807) is 0 Å². The molecule has 0 saturated heterocycles. The van der Waals surface area contributed by atoms with E-state index in [9.17, 15) is 14.0 Å². The molecule has 1 amide bonds. The van der Waals surface area contributed by atoms with Crippen molar-refractivity contribution in [3.63, 3.8) is 0 Å². The van der Waals surface area contributed by atoms with Gasteiger partial charge < -0.3 is 11.1 Å². The molecule has 0 fully saturated rings. The molecule has 6 nitrogen and oxygen atoms in total. The first kappa shape index (κ1) is 14.4. The fourth-order valence-corrected chi connectivity index (χ4v) is 1.51. The number of carbonyl (C=O) groups is 1. The van der Waals surface area contributed by atoms with Crippen molar-refractivity contribution in [3.05, 3.63) is 57.8 Å². The predicted molar refractivity (Wildman–Crippen MR) is 75.1 cm³/mol. The van der Waals surface area contributed by atoms with Crippen LogP contribution in [0.25, 0.3) is 0 Å². The lowest BCUT2D eigenvalue weighted by Crippen LogP contribution is -2.17. The van der Waals surface area contributed by atoms with Crippen LogP contribution in [-0.2, 0) is 0 Å². The summed E-state index contributed by atoms with van der Waals surface area (Å²) in [5.74, 6) is 4.07. The molecule has 4 N–H and O–H groups in total. The summed E-state index contributed by atoms with van der Waals surface area (Å²) in [6, 6.07) is 6.45. The van der Waals surface area contributed by atoms with E-state index in [0.29, 0.717) is 5.69 Å². The summed E-state index contributed by atoms with van der Waals surface area (Å²) in [4.78, 5) is 22.8. The van der Waals surface area contributed by atoms with Gasteiger partial charge in [0, 0.05) is 11.8 Å². The van der Waals surface area contributed by atoms with Crippen LogP contribution in [0.4, 0.5) is 10.1 Å². The van der Waals surface area contributed by atoms with Crippen LogP contribution in [-0.4, -0.2) is 22.6 Å². The number of halogens is 1. The largest absolute Gasteiger partial charge is 0.321 e. The number of carbonyl (C=O) groups excluding carboxylic acids is 1. The van der Waals surface area contributed by atoms with Gasteiger partial charge in [-0.2, -0.15) is 5.10 Å². The summed E-state index contributed by atoms with van der Waals surface area (Å²) in [7, 11) is 0. The van der Waals surface area contributed by atoms with Crippen molar-refractivity contribution in [1.29, 1.82) is 0 Å². The number of amides is 1. The Balaban J connectivity index is 2.21. The fraction of sp³-hybridized carbons (Fsp3) is 0.0714. The van der Waals surface area contributed by atoms with Crippen molar-refractivity contribution in [3.8, 4) is 11.8 Å². The Hall–Kier alpha value is -2.98. The second kappa shape index (κ2) is 6.45. The van der Waals surface area contributed by atoms with Crippen molar-refractivity contribution in [2.24, 2.45) is 5.73 Å². The molecular weight excluding hydrogens is 275 g/mol. The fourth-order valence-electron chi connectivity index (χ4n) is 1.51. The van der Waals surface area contributed by atoms with Crippen molar-refractivity contribution < 1.29 is 9.18 Å². The maximum absolute atomic E-state index is 13.5. The van der Waals surface area contributed by atoms with Gasteiger partial charge in [0.25, 0.3) is 11.5 Å². The summed E-state index contributed by atoms with van der Waals surface area (Å²) in [6.45, 7) is 0.108. The lowest BCUT2D eigenvalue weighted by atomic mass is 10.2. The van der Waals surface area contributed by atoms with Gasteiger partial charge in [-0.25, -0.2) is 9.49 Å². The number of nitrogens with zero attached hydrogens (tertiary/aromatic N) is 1. The molecule has 1 aromatic carbocycles. The third kappa shape index (κ3) is 3.75. The van der Waals surface area contributed by atoms with Crippen LogP contribution < -0.4 is 16.6 Å². The van der Waals surface area contributed by atoms with Crippen molar-refractivity contribution in [1.82, 2.24) is 10.2 Å². The molecule has 7 heteroatoms. The maximum Gasteiger partial charge on any atom is 0.276 e. The van der Waals surface area contributed by atoms with Gasteiger partial charge in [-0.1, -0.05) is 11.8 Å². The molecule has 0 unspecified atom stereocenters. The number of benzene rings is 1. The minimum absolute atomic E-state index is 0.0357. The van der Waals surface area contributed by atoms with Crippen molar-refractivity contribution >= 4 is 11.6 Å². The molecule has 0 atom stereocenters. The summed E-state index contributed by atoms with van der Waals surface area (Å²) in [5, 5.41) is 8.28. The quantitative estimate of drug-likeness (QED) is 0.699. The van der Waals surface area contributed by atoms with Crippen LogP contribution in [0.3, 0.4) is 0 Å². The van der Waals surface area contributed by atoms with Gasteiger partial charge in [0.1, 0.15) is 11.5 Å². The highest BCUT2D eigenvalue weighted by Gasteiger charge is 2.09. The number of aromatic nitrogens is 2. The number of anilines is 1. The van der Waals surface area contributed by atoms with E-state index in [-0.39, 0.29) is 17.8 Å². The summed E-state index contributed by atoms with van der Waals surface area (Å²) >= 11 is 0. The molecule has 2 rings (SSSR count). The summed E-state index contributed by atoms with van der Waals surface area (Å²) in [6.07, 6.45) is 0. The zero-order valence-electron chi connectivity index (χ0n) is 10.8. The molecule has 21 heavy (non-hydrogen) atoms. The number of aromatic amines is 1. The van der Waals surface area contributed by atoms with E-state index in [4.69, 9.17) is 5.73 Å². The van der Waals surface area contributed by atoms with Crippen LogP contribution >= 0.6 is 0 Å². The van der Waals surface area contributed by atoms with Gasteiger partial charge in [0.15, 0.2) is 0 Å². The van der Waals surface area contributed by atoms with E-state index in [2.05, 4.69) is 27.4 Å². The molecule has 2 aromatic rings. The summed E-state index contributed by atoms with van der Waals surface area (Å²) in [5.41, 5.74) is 5.35. The highest BCUT2D eigenvalue weighted by molar-refractivity contribution is 6.02. The molecule has 0 aliphatic rings. The topological polar surface area (TPSA) is 101 Å². The highest BCUT2D eigenvalue weighted by Crippen LogP contribution is 2.14. The van der Waals surface area contributed by atoms with E-state index in [1.807, 2.05) is 0 Å².